The zero-order valence-corrected chi connectivity index (χ0v) is 8.43. The average Bonchev–Trinajstić information content (AvgIpc) is 2.02. The minimum absolute atomic E-state index is 0.223. The van der Waals surface area contributed by atoms with E-state index in [1.54, 1.807) is 7.11 Å². The number of Topliss-reactive ketones (excluding diaryl/α,β-unsaturated/α-hetero) is 1. The molecule has 0 heterocycles. The number of hydrogen-bond donors (Lipinski definition) is 0. The first-order valence-electron chi connectivity index (χ1n) is 4.71. The quantitative estimate of drug-likeness (QED) is 0.589. The summed E-state index contributed by atoms with van der Waals surface area (Å²) >= 11 is 0. The highest BCUT2D eigenvalue weighted by Crippen LogP contribution is 2.12. The number of rotatable bonds is 7. The topological polar surface area (TPSA) is 26.3 Å². The van der Waals surface area contributed by atoms with Crippen LogP contribution < -0.4 is 0 Å². The van der Waals surface area contributed by atoms with E-state index >= 15 is 0 Å². The molecule has 0 aliphatic rings. The molecular weight excluding hydrogens is 152 g/mol. The molecule has 0 aromatic heterocycles. The summed E-state index contributed by atoms with van der Waals surface area (Å²) < 4.78 is 4.75. The molecule has 0 aliphatic heterocycles. The van der Waals surface area contributed by atoms with Gasteiger partial charge in [-0.25, -0.2) is 0 Å². The van der Waals surface area contributed by atoms with Crippen molar-refractivity contribution in [3.63, 3.8) is 0 Å². The van der Waals surface area contributed by atoms with Gasteiger partial charge in [0.2, 0.25) is 0 Å². The molecule has 0 fully saturated rings. The molecule has 1 unspecified atom stereocenters. The van der Waals surface area contributed by atoms with Gasteiger partial charge in [0.15, 0.2) is 5.78 Å². The summed E-state index contributed by atoms with van der Waals surface area (Å²) in [4.78, 5) is 11.0. The number of methoxy groups -OCH3 is 1. The van der Waals surface area contributed by atoms with Crippen LogP contribution in [0.1, 0.15) is 39.5 Å². The predicted molar refractivity (Wildman–Crippen MR) is 50.2 cm³/mol. The first-order valence-corrected chi connectivity index (χ1v) is 4.71. The molecule has 0 aliphatic carbocycles. The van der Waals surface area contributed by atoms with E-state index in [4.69, 9.17) is 4.74 Å². The van der Waals surface area contributed by atoms with Crippen LogP contribution in [-0.4, -0.2) is 19.5 Å². The lowest BCUT2D eigenvalue weighted by Gasteiger charge is -2.08. The van der Waals surface area contributed by atoms with E-state index in [2.05, 4.69) is 13.8 Å². The minimum atomic E-state index is 0.223. The highest BCUT2D eigenvalue weighted by molar-refractivity contribution is 5.79. The SMILES string of the molecule is CCCC(C)CCC(=O)COC. The molecule has 0 aromatic carbocycles. The fourth-order valence-corrected chi connectivity index (χ4v) is 1.28. The van der Waals surface area contributed by atoms with E-state index in [0.29, 0.717) is 12.3 Å². The molecule has 0 saturated heterocycles. The van der Waals surface area contributed by atoms with Gasteiger partial charge in [-0.15, -0.1) is 0 Å². The Morgan fingerprint density at radius 1 is 1.42 bits per heavy atom. The Balaban J connectivity index is 3.33. The van der Waals surface area contributed by atoms with Gasteiger partial charge < -0.3 is 4.74 Å². The van der Waals surface area contributed by atoms with Crippen LogP contribution in [0, 0.1) is 5.92 Å². The van der Waals surface area contributed by atoms with E-state index < -0.39 is 0 Å². The monoisotopic (exact) mass is 172 g/mol. The van der Waals surface area contributed by atoms with Gasteiger partial charge in [0.1, 0.15) is 6.61 Å². The molecule has 72 valence electrons. The maximum absolute atomic E-state index is 11.0. The van der Waals surface area contributed by atoms with Gasteiger partial charge >= 0.3 is 0 Å². The predicted octanol–water partition coefficient (Wildman–Crippen LogP) is 2.42. The summed E-state index contributed by atoms with van der Waals surface area (Å²) in [5.41, 5.74) is 0. The summed E-state index contributed by atoms with van der Waals surface area (Å²) in [5, 5.41) is 0. The second-order valence-electron chi connectivity index (χ2n) is 3.40. The normalized spacial score (nSPS) is 12.9. The molecule has 2 heteroatoms. The van der Waals surface area contributed by atoms with Crippen LogP contribution in [0.25, 0.3) is 0 Å². The number of hydrogen-bond acceptors (Lipinski definition) is 2. The molecule has 12 heavy (non-hydrogen) atoms. The molecule has 2 nitrogen and oxygen atoms in total. The lowest BCUT2D eigenvalue weighted by molar-refractivity contribution is -0.122. The van der Waals surface area contributed by atoms with Crippen LogP contribution in [0.2, 0.25) is 0 Å². The summed E-state index contributed by atoms with van der Waals surface area (Å²) in [6.07, 6.45) is 4.12. The van der Waals surface area contributed by atoms with E-state index in [-0.39, 0.29) is 12.4 Å². The van der Waals surface area contributed by atoms with Gasteiger partial charge in [0, 0.05) is 13.5 Å². The van der Waals surface area contributed by atoms with Gasteiger partial charge in [0.25, 0.3) is 0 Å². The zero-order chi connectivity index (χ0) is 9.40. The van der Waals surface area contributed by atoms with Crippen molar-refractivity contribution in [3.05, 3.63) is 0 Å². The minimum Gasteiger partial charge on any atom is -0.377 e. The third-order valence-corrected chi connectivity index (χ3v) is 2.00. The molecule has 0 aromatic rings. The third kappa shape index (κ3) is 6.35. The second kappa shape index (κ2) is 7.29. The van der Waals surface area contributed by atoms with Crippen LogP contribution in [-0.2, 0) is 9.53 Å². The van der Waals surface area contributed by atoms with Crippen molar-refractivity contribution < 1.29 is 9.53 Å². The Morgan fingerprint density at radius 2 is 2.08 bits per heavy atom. The summed E-state index contributed by atoms with van der Waals surface area (Å²) in [7, 11) is 1.56. The standard InChI is InChI=1S/C10H20O2/c1-4-5-9(2)6-7-10(11)8-12-3/h9H,4-8H2,1-3H3. The lowest BCUT2D eigenvalue weighted by Crippen LogP contribution is -2.08. The largest absolute Gasteiger partial charge is 0.377 e. The van der Waals surface area contributed by atoms with Gasteiger partial charge in [0.05, 0.1) is 0 Å². The van der Waals surface area contributed by atoms with E-state index in [1.165, 1.54) is 12.8 Å². The van der Waals surface area contributed by atoms with Crippen LogP contribution >= 0.6 is 0 Å². The van der Waals surface area contributed by atoms with Crippen molar-refractivity contribution in [1.29, 1.82) is 0 Å². The van der Waals surface area contributed by atoms with Gasteiger partial charge in [-0.2, -0.15) is 0 Å². The Hall–Kier alpha value is -0.370. The van der Waals surface area contributed by atoms with Crippen LogP contribution in [0.3, 0.4) is 0 Å². The van der Waals surface area contributed by atoms with Gasteiger partial charge in [-0.3, -0.25) is 4.79 Å². The Kier molecular flexibility index (Phi) is 7.06. The number of carbonyl (C=O) groups is 1. The van der Waals surface area contributed by atoms with Crippen LogP contribution in [0.4, 0.5) is 0 Å². The van der Waals surface area contributed by atoms with E-state index in [1.807, 2.05) is 0 Å². The summed E-state index contributed by atoms with van der Waals surface area (Å²) in [6.45, 7) is 4.65. The maximum atomic E-state index is 11.0. The molecular formula is C10H20O2. The smallest absolute Gasteiger partial charge is 0.158 e. The highest BCUT2D eigenvalue weighted by Gasteiger charge is 2.05. The van der Waals surface area contributed by atoms with Gasteiger partial charge in [-0.05, 0) is 12.3 Å². The third-order valence-electron chi connectivity index (χ3n) is 2.00. The molecule has 0 amide bonds. The molecule has 0 saturated carbocycles. The number of carbonyl (C=O) groups excluding carboxylic acids is 1. The highest BCUT2D eigenvalue weighted by atomic mass is 16.5. The molecule has 0 rings (SSSR count). The fraction of sp³-hybridized carbons (Fsp3) is 0.900. The van der Waals surface area contributed by atoms with Crippen molar-refractivity contribution >= 4 is 5.78 Å². The van der Waals surface area contributed by atoms with Crippen molar-refractivity contribution in [2.24, 2.45) is 5.92 Å². The first-order chi connectivity index (χ1) is 5.70. The van der Waals surface area contributed by atoms with Crippen molar-refractivity contribution in [2.75, 3.05) is 13.7 Å². The molecule has 1 atom stereocenters. The zero-order valence-electron chi connectivity index (χ0n) is 8.43. The maximum Gasteiger partial charge on any atom is 0.158 e. The van der Waals surface area contributed by atoms with Crippen molar-refractivity contribution in [1.82, 2.24) is 0 Å². The van der Waals surface area contributed by atoms with Crippen LogP contribution in [0.15, 0.2) is 0 Å². The van der Waals surface area contributed by atoms with E-state index in [9.17, 15) is 4.79 Å². The first kappa shape index (κ1) is 11.6. The molecule has 0 N–H and O–H groups in total. The summed E-state index contributed by atoms with van der Waals surface area (Å²) in [6, 6.07) is 0. The summed E-state index contributed by atoms with van der Waals surface area (Å²) in [5.74, 6) is 0.899. The Labute approximate surface area is 75.3 Å². The van der Waals surface area contributed by atoms with Crippen LogP contribution in [0.5, 0.6) is 0 Å². The molecule has 0 radical (unpaired) electrons. The van der Waals surface area contributed by atoms with Crippen molar-refractivity contribution in [2.45, 2.75) is 39.5 Å². The Bertz CT molecular complexity index is 121. The van der Waals surface area contributed by atoms with Gasteiger partial charge in [-0.1, -0.05) is 26.7 Å². The second-order valence-corrected chi connectivity index (χ2v) is 3.40. The number of ether oxygens (including phenoxy) is 1. The van der Waals surface area contributed by atoms with Crippen molar-refractivity contribution in [3.8, 4) is 0 Å². The number of ketones is 1. The fourth-order valence-electron chi connectivity index (χ4n) is 1.28. The lowest BCUT2D eigenvalue weighted by atomic mass is 9.99. The Morgan fingerprint density at radius 3 is 2.58 bits per heavy atom. The molecule has 0 spiro atoms. The average molecular weight is 172 g/mol. The molecule has 0 bridgehead atoms. The van der Waals surface area contributed by atoms with E-state index in [0.717, 1.165) is 6.42 Å².